The van der Waals surface area contributed by atoms with Crippen molar-refractivity contribution in [2.24, 2.45) is 0 Å². The molecule has 0 atom stereocenters. The zero-order chi connectivity index (χ0) is 14.8. The minimum absolute atomic E-state index is 0.304. The van der Waals surface area contributed by atoms with Crippen LogP contribution in [0.15, 0.2) is 36.5 Å². The number of nitriles is 1. The maximum atomic E-state index is 10.9. The molecule has 0 saturated carbocycles. The lowest BCUT2D eigenvalue weighted by Crippen LogP contribution is -1.99. The van der Waals surface area contributed by atoms with Gasteiger partial charge in [-0.25, -0.2) is 0 Å². The third kappa shape index (κ3) is 2.17. The van der Waals surface area contributed by atoms with E-state index in [1.54, 1.807) is 18.3 Å². The number of aryl methyl sites for hydroxylation is 1. The standard InChI is InChI=1S/C16H12N4O/c1-2-20-15-5-11(8-17)3-4-12(15)7-16(20)13-6-14(10-21)19-18-9-13/h3-7,9-10H,2H2,1H3. The summed E-state index contributed by atoms with van der Waals surface area (Å²) in [6.45, 7) is 2.80. The Hall–Kier alpha value is -3.00. The second kappa shape index (κ2) is 5.17. The molecule has 0 aliphatic carbocycles. The summed E-state index contributed by atoms with van der Waals surface area (Å²) < 4.78 is 2.10. The summed E-state index contributed by atoms with van der Waals surface area (Å²) in [7, 11) is 0. The lowest BCUT2D eigenvalue weighted by atomic mass is 10.1. The molecular weight excluding hydrogens is 264 g/mol. The van der Waals surface area contributed by atoms with Crippen molar-refractivity contribution in [2.45, 2.75) is 13.5 Å². The number of aromatic nitrogens is 3. The van der Waals surface area contributed by atoms with Crippen molar-refractivity contribution in [3.63, 3.8) is 0 Å². The molecule has 3 rings (SSSR count). The first-order valence-corrected chi connectivity index (χ1v) is 6.58. The smallest absolute Gasteiger partial charge is 0.170 e. The van der Waals surface area contributed by atoms with E-state index in [2.05, 4.69) is 20.8 Å². The van der Waals surface area contributed by atoms with Crippen LogP contribution < -0.4 is 0 Å². The SMILES string of the molecule is CCn1c(-c2cnnc(C=O)c2)cc2ccc(C#N)cc21. The predicted octanol–water partition coefficient (Wildman–Crippen LogP) is 2.80. The molecule has 2 aromatic heterocycles. The van der Waals surface area contributed by atoms with E-state index in [4.69, 9.17) is 5.26 Å². The Morgan fingerprint density at radius 2 is 2.19 bits per heavy atom. The number of fused-ring (bicyclic) bond motifs is 1. The molecule has 0 bridgehead atoms. The van der Waals surface area contributed by atoms with Gasteiger partial charge in [-0.2, -0.15) is 10.4 Å². The third-order valence-corrected chi connectivity index (χ3v) is 3.44. The average Bonchev–Trinajstić information content (AvgIpc) is 2.92. The molecule has 2 heterocycles. The van der Waals surface area contributed by atoms with E-state index < -0.39 is 0 Å². The Morgan fingerprint density at radius 3 is 2.90 bits per heavy atom. The summed E-state index contributed by atoms with van der Waals surface area (Å²) in [4.78, 5) is 10.9. The van der Waals surface area contributed by atoms with Crippen LogP contribution in [0.25, 0.3) is 22.2 Å². The van der Waals surface area contributed by atoms with E-state index in [1.807, 2.05) is 25.1 Å². The molecule has 0 unspecified atom stereocenters. The van der Waals surface area contributed by atoms with Crippen molar-refractivity contribution in [1.82, 2.24) is 14.8 Å². The van der Waals surface area contributed by atoms with E-state index in [0.29, 0.717) is 17.5 Å². The quantitative estimate of drug-likeness (QED) is 0.689. The Labute approximate surface area is 121 Å². The van der Waals surface area contributed by atoms with E-state index in [-0.39, 0.29) is 0 Å². The van der Waals surface area contributed by atoms with Gasteiger partial charge in [0.05, 0.1) is 23.5 Å². The average molecular weight is 276 g/mol. The van der Waals surface area contributed by atoms with Crippen LogP contribution in [0.1, 0.15) is 23.0 Å². The summed E-state index contributed by atoms with van der Waals surface area (Å²) in [5, 5.41) is 17.7. The van der Waals surface area contributed by atoms with Crippen molar-refractivity contribution in [2.75, 3.05) is 0 Å². The molecule has 5 heteroatoms. The van der Waals surface area contributed by atoms with Gasteiger partial charge in [-0.3, -0.25) is 4.79 Å². The molecule has 0 fully saturated rings. The molecule has 3 aromatic rings. The number of hydrogen-bond donors (Lipinski definition) is 0. The highest BCUT2D eigenvalue weighted by Gasteiger charge is 2.11. The Balaban J connectivity index is 2.27. The summed E-state index contributed by atoms with van der Waals surface area (Å²) in [5.74, 6) is 0. The molecule has 0 spiro atoms. The lowest BCUT2D eigenvalue weighted by molar-refractivity contribution is 0.111. The fourth-order valence-corrected chi connectivity index (χ4v) is 2.48. The zero-order valence-corrected chi connectivity index (χ0v) is 11.4. The van der Waals surface area contributed by atoms with Gasteiger partial charge >= 0.3 is 0 Å². The van der Waals surface area contributed by atoms with Gasteiger partial charge in [-0.15, -0.1) is 5.10 Å². The van der Waals surface area contributed by atoms with E-state index in [0.717, 1.165) is 28.7 Å². The van der Waals surface area contributed by atoms with Crippen LogP contribution in [0.4, 0.5) is 0 Å². The van der Waals surface area contributed by atoms with Crippen LogP contribution in [0.3, 0.4) is 0 Å². The first-order valence-electron chi connectivity index (χ1n) is 6.58. The van der Waals surface area contributed by atoms with Gasteiger partial charge in [-0.05, 0) is 31.2 Å². The molecular formula is C16H12N4O. The molecule has 0 radical (unpaired) electrons. The normalized spacial score (nSPS) is 10.5. The maximum Gasteiger partial charge on any atom is 0.170 e. The number of carbonyl (C=O) groups excluding carboxylic acids is 1. The molecule has 5 nitrogen and oxygen atoms in total. The number of aldehydes is 1. The second-order valence-corrected chi connectivity index (χ2v) is 4.65. The largest absolute Gasteiger partial charge is 0.341 e. The molecule has 21 heavy (non-hydrogen) atoms. The number of hydrogen-bond acceptors (Lipinski definition) is 4. The molecule has 0 saturated heterocycles. The van der Waals surface area contributed by atoms with Crippen LogP contribution in [0.2, 0.25) is 0 Å². The molecule has 0 aliphatic heterocycles. The lowest BCUT2D eigenvalue weighted by Gasteiger charge is -2.07. The summed E-state index contributed by atoms with van der Waals surface area (Å²) in [6.07, 6.45) is 2.32. The number of benzene rings is 1. The van der Waals surface area contributed by atoms with Crippen LogP contribution in [-0.4, -0.2) is 21.1 Å². The third-order valence-electron chi connectivity index (χ3n) is 3.44. The fourth-order valence-electron chi connectivity index (χ4n) is 2.48. The van der Waals surface area contributed by atoms with Gasteiger partial charge in [0, 0.05) is 23.0 Å². The molecule has 1 aromatic carbocycles. The van der Waals surface area contributed by atoms with Crippen molar-refractivity contribution in [3.05, 3.63) is 47.8 Å². The number of carbonyl (C=O) groups is 1. The Kier molecular flexibility index (Phi) is 3.20. The van der Waals surface area contributed by atoms with E-state index in [9.17, 15) is 4.79 Å². The van der Waals surface area contributed by atoms with Crippen LogP contribution >= 0.6 is 0 Å². The second-order valence-electron chi connectivity index (χ2n) is 4.65. The summed E-state index contributed by atoms with van der Waals surface area (Å²) in [5.41, 5.74) is 3.72. The van der Waals surface area contributed by atoms with Crippen LogP contribution in [0, 0.1) is 11.3 Å². The first-order chi connectivity index (χ1) is 10.3. The highest BCUT2D eigenvalue weighted by molar-refractivity contribution is 5.88. The topological polar surface area (TPSA) is 71.6 Å². The molecule has 0 amide bonds. The van der Waals surface area contributed by atoms with Gasteiger partial charge in [0.2, 0.25) is 0 Å². The van der Waals surface area contributed by atoms with Gasteiger partial charge in [-0.1, -0.05) is 6.07 Å². The monoisotopic (exact) mass is 276 g/mol. The Bertz CT molecular complexity index is 874. The van der Waals surface area contributed by atoms with Gasteiger partial charge in [0.1, 0.15) is 5.69 Å². The predicted molar refractivity (Wildman–Crippen MR) is 78.7 cm³/mol. The minimum Gasteiger partial charge on any atom is -0.341 e. The minimum atomic E-state index is 0.304. The van der Waals surface area contributed by atoms with Crippen LogP contribution in [0.5, 0.6) is 0 Å². The highest BCUT2D eigenvalue weighted by atomic mass is 16.1. The fraction of sp³-hybridized carbons (Fsp3) is 0.125. The van der Waals surface area contributed by atoms with E-state index >= 15 is 0 Å². The zero-order valence-electron chi connectivity index (χ0n) is 11.4. The van der Waals surface area contributed by atoms with Crippen molar-refractivity contribution in [3.8, 4) is 17.3 Å². The summed E-state index contributed by atoms with van der Waals surface area (Å²) in [6, 6.07) is 11.5. The van der Waals surface area contributed by atoms with Crippen molar-refractivity contribution >= 4 is 17.2 Å². The molecule has 0 N–H and O–H groups in total. The maximum absolute atomic E-state index is 10.9. The van der Waals surface area contributed by atoms with Gasteiger partial charge in [0.15, 0.2) is 6.29 Å². The van der Waals surface area contributed by atoms with Crippen molar-refractivity contribution in [1.29, 1.82) is 5.26 Å². The number of rotatable bonds is 3. The first kappa shape index (κ1) is 13.0. The van der Waals surface area contributed by atoms with Crippen LogP contribution in [-0.2, 0) is 6.54 Å². The number of nitrogens with zero attached hydrogens (tertiary/aromatic N) is 4. The molecule has 102 valence electrons. The van der Waals surface area contributed by atoms with Crippen molar-refractivity contribution < 1.29 is 4.79 Å². The molecule has 0 aliphatic rings. The highest BCUT2D eigenvalue weighted by Crippen LogP contribution is 2.28. The summed E-state index contributed by atoms with van der Waals surface area (Å²) >= 11 is 0. The Morgan fingerprint density at radius 1 is 1.33 bits per heavy atom. The van der Waals surface area contributed by atoms with Gasteiger partial charge < -0.3 is 4.57 Å². The van der Waals surface area contributed by atoms with E-state index in [1.165, 1.54) is 0 Å². The van der Waals surface area contributed by atoms with Gasteiger partial charge in [0.25, 0.3) is 0 Å².